The summed E-state index contributed by atoms with van der Waals surface area (Å²) in [6, 6.07) is 0.379. The first kappa shape index (κ1) is 14.8. The van der Waals surface area contributed by atoms with Crippen molar-refractivity contribution in [1.82, 2.24) is 10.2 Å². The Bertz CT molecular complexity index is 242. The fourth-order valence-electron chi connectivity index (χ4n) is 2.98. The maximum Gasteiger partial charge on any atom is 0.222 e. The Kier molecular flexibility index (Phi) is 6.28. The van der Waals surface area contributed by atoms with Crippen LogP contribution in [0.1, 0.15) is 45.4 Å². The SMILES string of the molecule is C[C@H]1CNCCN1C(=O)CCC1CCCC1.Cl. The lowest BCUT2D eigenvalue weighted by Crippen LogP contribution is -2.52. The zero-order valence-corrected chi connectivity index (χ0v) is 11.6. The lowest BCUT2D eigenvalue weighted by atomic mass is 10.0. The molecule has 17 heavy (non-hydrogen) atoms. The minimum Gasteiger partial charge on any atom is -0.337 e. The Labute approximate surface area is 111 Å². The predicted molar refractivity (Wildman–Crippen MR) is 72.5 cm³/mol. The Hall–Kier alpha value is -0.280. The molecule has 1 saturated carbocycles. The van der Waals surface area contributed by atoms with E-state index in [0.29, 0.717) is 11.9 Å². The molecule has 1 aliphatic carbocycles. The van der Waals surface area contributed by atoms with Gasteiger partial charge in [0, 0.05) is 32.1 Å². The van der Waals surface area contributed by atoms with Crippen LogP contribution in [0.15, 0.2) is 0 Å². The molecule has 1 saturated heterocycles. The molecule has 0 aromatic carbocycles. The van der Waals surface area contributed by atoms with Crippen molar-refractivity contribution in [3.8, 4) is 0 Å². The van der Waals surface area contributed by atoms with Crippen LogP contribution in [-0.2, 0) is 4.79 Å². The van der Waals surface area contributed by atoms with Gasteiger partial charge in [-0.25, -0.2) is 0 Å². The summed E-state index contributed by atoms with van der Waals surface area (Å²) < 4.78 is 0. The summed E-state index contributed by atoms with van der Waals surface area (Å²) in [6.45, 7) is 4.94. The number of carbonyl (C=O) groups is 1. The Morgan fingerprint density at radius 2 is 2.06 bits per heavy atom. The molecular weight excluding hydrogens is 236 g/mol. The zero-order valence-electron chi connectivity index (χ0n) is 10.8. The van der Waals surface area contributed by atoms with Gasteiger partial charge in [0.15, 0.2) is 0 Å². The van der Waals surface area contributed by atoms with Crippen molar-refractivity contribution in [1.29, 1.82) is 0 Å². The molecule has 3 nitrogen and oxygen atoms in total. The Balaban J connectivity index is 0.00000144. The first-order valence-electron chi connectivity index (χ1n) is 6.77. The second-order valence-electron chi connectivity index (χ2n) is 5.33. The van der Waals surface area contributed by atoms with Crippen LogP contribution in [0.25, 0.3) is 0 Å². The zero-order chi connectivity index (χ0) is 11.4. The molecule has 2 rings (SSSR count). The van der Waals surface area contributed by atoms with E-state index < -0.39 is 0 Å². The van der Waals surface area contributed by atoms with Gasteiger partial charge in [0.25, 0.3) is 0 Å². The summed E-state index contributed by atoms with van der Waals surface area (Å²) in [5, 5.41) is 3.32. The number of rotatable bonds is 3. The number of nitrogens with one attached hydrogen (secondary N) is 1. The topological polar surface area (TPSA) is 32.3 Å². The molecule has 4 heteroatoms. The van der Waals surface area contributed by atoms with E-state index in [-0.39, 0.29) is 12.4 Å². The summed E-state index contributed by atoms with van der Waals surface area (Å²) in [7, 11) is 0. The third kappa shape index (κ3) is 4.14. The van der Waals surface area contributed by atoms with E-state index >= 15 is 0 Å². The molecule has 1 N–H and O–H groups in total. The van der Waals surface area contributed by atoms with E-state index in [2.05, 4.69) is 17.1 Å². The fourth-order valence-corrected chi connectivity index (χ4v) is 2.98. The fraction of sp³-hybridized carbons (Fsp3) is 0.923. The number of hydrogen-bond acceptors (Lipinski definition) is 2. The monoisotopic (exact) mass is 260 g/mol. The van der Waals surface area contributed by atoms with E-state index in [9.17, 15) is 4.79 Å². The summed E-state index contributed by atoms with van der Waals surface area (Å²) >= 11 is 0. The number of hydrogen-bond donors (Lipinski definition) is 1. The first-order chi connectivity index (χ1) is 7.77. The van der Waals surface area contributed by atoms with Crippen molar-refractivity contribution in [2.24, 2.45) is 5.92 Å². The van der Waals surface area contributed by atoms with Gasteiger partial charge in [0.05, 0.1) is 0 Å². The van der Waals surface area contributed by atoms with Crippen LogP contribution in [0.2, 0.25) is 0 Å². The minimum absolute atomic E-state index is 0. The van der Waals surface area contributed by atoms with Crippen molar-refractivity contribution in [2.45, 2.75) is 51.5 Å². The summed E-state index contributed by atoms with van der Waals surface area (Å²) in [4.78, 5) is 14.1. The highest BCUT2D eigenvalue weighted by Gasteiger charge is 2.24. The van der Waals surface area contributed by atoms with E-state index in [0.717, 1.165) is 38.4 Å². The molecule has 0 radical (unpaired) electrons. The van der Waals surface area contributed by atoms with E-state index in [1.54, 1.807) is 0 Å². The summed E-state index contributed by atoms with van der Waals surface area (Å²) in [5.41, 5.74) is 0. The molecule has 100 valence electrons. The number of carbonyl (C=O) groups excluding carboxylic acids is 1. The smallest absolute Gasteiger partial charge is 0.222 e. The molecule has 0 aromatic rings. The quantitative estimate of drug-likeness (QED) is 0.844. The molecule has 0 aromatic heterocycles. The van der Waals surface area contributed by atoms with E-state index in [4.69, 9.17) is 0 Å². The van der Waals surface area contributed by atoms with Gasteiger partial charge in [0.2, 0.25) is 5.91 Å². The molecule has 1 aliphatic heterocycles. The molecule has 1 amide bonds. The molecule has 1 heterocycles. The summed E-state index contributed by atoms with van der Waals surface area (Å²) in [5.74, 6) is 1.21. The highest BCUT2D eigenvalue weighted by Crippen LogP contribution is 2.28. The van der Waals surface area contributed by atoms with Gasteiger partial charge in [-0.05, 0) is 19.3 Å². The first-order valence-corrected chi connectivity index (χ1v) is 6.77. The normalized spacial score (nSPS) is 25.7. The van der Waals surface area contributed by atoms with Crippen molar-refractivity contribution in [2.75, 3.05) is 19.6 Å². The van der Waals surface area contributed by atoms with Crippen LogP contribution < -0.4 is 5.32 Å². The summed E-state index contributed by atoms with van der Waals surface area (Å²) in [6.07, 6.45) is 7.35. The van der Waals surface area contributed by atoms with E-state index in [1.165, 1.54) is 25.7 Å². The number of amides is 1. The highest BCUT2D eigenvalue weighted by molar-refractivity contribution is 5.85. The molecular formula is C13H25ClN2O. The highest BCUT2D eigenvalue weighted by atomic mass is 35.5. The largest absolute Gasteiger partial charge is 0.337 e. The lowest BCUT2D eigenvalue weighted by Gasteiger charge is -2.34. The maximum absolute atomic E-state index is 12.1. The van der Waals surface area contributed by atoms with Crippen molar-refractivity contribution < 1.29 is 4.79 Å². The van der Waals surface area contributed by atoms with Gasteiger partial charge >= 0.3 is 0 Å². The van der Waals surface area contributed by atoms with Crippen molar-refractivity contribution >= 4 is 18.3 Å². The number of piperazine rings is 1. The maximum atomic E-state index is 12.1. The van der Waals surface area contributed by atoms with Gasteiger partial charge in [-0.15, -0.1) is 12.4 Å². The molecule has 0 unspecified atom stereocenters. The molecule has 2 aliphatic rings. The lowest BCUT2D eigenvalue weighted by molar-refractivity contribution is -0.134. The average Bonchev–Trinajstić information content (AvgIpc) is 2.79. The van der Waals surface area contributed by atoms with Gasteiger partial charge in [-0.2, -0.15) is 0 Å². The third-order valence-corrected chi connectivity index (χ3v) is 4.06. The van der Waals surface area contributed by atoms with Crippen molar-refractivity contribution in [3.63, 3.8) is 0 Å². The third-order valence-electron chi connectivity index (χ3n) is 4.06. The number of nitrogens with zero attached hydrogens (tertiary/aromatic N) is 1. The predicted octanol–water partition coefficient (Wildman–Crippen LogP) is 2.20. The van der Waals surface area contributed by atoms with Crippen LogP contribution in [0.3, 0.4) is 0 Å². The van der Waals surface area contributed by atoms with Crippen molar-refractivity contribution in [3.05, 3.63) is 0 Å². The van der Waals surface area contributed by atoms with Crippen LogP contribution >= 0.6 is 12.4 Å². The van der Waals surface area contributed by atoms with Gasteiger partial charge in [-0.1, -0.05) is 25.7 Å². The second kappa shape index (κ2) is 7.22. The van der Waals surface area contributed by atoms with E-state index in [1.807, 2.05) is 0 Å². The standard InChI is InChI=1S/C13H24N2O.ClH/c1-11-10-14-8-9-15(11)13(16)7-6-12-4-2-3-5-12;/h11-12,14H,2-10H2,1H3;1H/t11-;/m0./s1. The molecule has 2 fully saturated rings. The van der Waals surface area contributed by atoms with Crippen LogP contribution in [-0.4, -0.2) is 36.5 Å². The van der Waals surface area contributed by atoms with Crippen LogP contribution in [0, 0.1) is 5.92 Å². The Morgan fingerprint density at radius 3 is 2.71 bits per heavy atom. The molecule has 0 spiro atoms. The van der Waals surface area contributed by atoms with Gasteiger partial charge in [-0.3, -0.25) is 4.79 Å². The minimum atomic E-state index is 0. The van der Waals surface area contributed by atoms with Gasteiger partial charge < -0.3 is 10.2 Å². The molecule has 1 atom stereocenters. The second-order valence-corrected chi connectivity index (χ2v) is 5.33. The Morgan fingerprint density at radius 1 is 1.35 bits per heavy atom. The van der Waals surface area contributed by atoms with Crippen LogP contribution in [0.4, 0.5) is 0 Å². The number of halogens is 1. The van der Waals surface area contributed by atoms with Gasteiger partial charge in [0.1, 0.15) is 0 Å². The van der Waals surface area contributed by atoms with Crippen LogP contribution in [0.5, 0.6) is 0 Å². The molecule has 0 bridgehead atoms. The average molecular weight is 261 g/mol.